The fourth-order valence-electron chi connectivity index (χ4n) is 1.18. The van der Waals surface area contributed by atoms with E-state index in [2.05, 4.69) is 0 Å². The number of hydrogen-bond donors (Lipinski definition) is 0. The molecule has 2 radical (unpaired) electrons. The Kier molecular flexibility index (Phi) is 1.04. The summed E-state index contributed by atoms with van der Waals surface area (Å²) >= 11 is 0. The molecule has 1 aromatic rings. The van der Waals surface area contributed by atoms with Gasteiger partial charge in [0.1, 0.15) is 0 Å². The zero-order valence-electron chi connectivity index (χ0n) is 5.46. The molecule has 0 aliphatic heterocycles. The van der Waals surface area contributed by atoms with E-state index in [0.29, 0.717) is 0 Å². The van der Waals surface area contributed by atoms with E-state index in [1.165, 1.54) is 0 Å². The molecule has 0 nitrogen and oxygen atoms in total. The molecule has 0 unspecified atom stereocenters. The van der Waals surface area contributed by atoms with Crippen LogP contribution in [-0.2, 0) is 0 Å². The second-order valence-electron chi connectivity index (χ2n) is 2.37. The quantitative estimate of drug-likeness (QED) is 0.427. The maximum absolute atomic E-state index is 5.59. The summed E-state index contributed by atoms with van der Waals surface area (Å²) in [6.07, 6.45) is 0. The molecule has 0 atom stereocenters. The minimum absolute atomic E-state index is 0.732. The molecule has 10 heavy (non-hydrogen) atoms. The summed E-state index contributed by atoms with van der Waals surface area (Å²) < 4.78 is 0. The number of hydrogen-bond acceptors (Lipinski definition) is 0. The van der Waals surface area contributed by atoms with E-state index in [1.54, 1.807) is 0 Å². The number of rotatable bonds is 0. The van der Waals surface area contributed by atoms with Crippen molar-refractivity contribution < 1.29 is 0 Å². The van der Waals surface area contributed by atoms with E-state index >= 15 is 0 Å². The van der Waals surface area contributed by atoms with Crippen LogP contribution >= 0.6 is 0 Å². The first-order chi connectivity index (χ1) is 4.80. The van der Waals surface area contributed by atoms with Crippen molar-refractivity contribution in [3.63, 3.8) is 0 Å². The first-order valence-electron chi connectivity index (χ1n) is 3.15. The van der Waals surface area contributed by atoms with Gasteiger partial charge in [-0.25, -0.2) is 0 Å². The molecule has 0 saturated heterocycles. The van der Waals surface area contributed by atoms with E-state index in [4.69, 9.17) is 15.0 Å². The molecule has 0 N–H and O–H groups in total. The summed E-state index contributed by atoms with van der Waals surface area (Å²) in [6.45, 7) is 0. The Labute approximate surface area is 62.0 Å². The van der Waals surface area contributed by atoms with Crippen LogP contribution in [0.4, 0.5) is 0 Å². The summed E-state index contributed by atoms with van der Waals surface area (Å²) in [7, 11) is 11.2. The van der Waals surface area contributed by atoms with Crippen LogP contribution in [0.15, 0.2) is 24.3 Å². The standard InChI is InChI=1S/C8H4B2/c9-7-5-3-1-2-4-6(5)8(7)10/h1-4H. The fourth-order valence-corrected chi connectivity index (χ4v) is 1.18. The predicted molar refractivity (Wildman–Crippen MR) is 46.2 cm³/mol. The van der Waals surface area contributed by atoms with Crippen molar-refractivity contribution in [3.8, 4) is 0 Å². The van der Waals surface area contributed by atoms with Crippen LogP contribution in [0.5, 0.6) is 0 Å². The van der Waals surface area contributed by atoms with Gasteiger partial charge in [0.2, 0.25) is 0 Å². The van der Waals surface area contributed by atoms with Gasteiger partial charge >= 0.3 is 61.3 Å². The Bertz CT molecular complexity index is 293. The van der Waals surface area contributed by atoms with Gasteiger partial charge in [0, 0.05) is 0 Å². The second kappa shape index (κ2) is 1.79. The molecular formula is C8H4B2. The molecule has 2 heteroatoms. The van der Waals surface area contributed by atoms with Crippen molar-refractivity contribution in [2.24, 2.45) is 0 Å². The van der Waals surface area contributed by atoms with Crippen molar-refractivity contribution in [2.75, 3.05) is 0 Å². The molecule has 1 aliphatic carbocycles. The normalized spacial score (nSPS) is 14.2. The minimum atomic E-state index is 0.732. The predicted octanol–water partition coefficient (Wildman–Crippen LogP) is 0.0782. The van der Waals surface area contributed by atoms with Crippen molar-refractivity contribution in [2.45, 2.75) is 0 Å². The van der Waals surface area contributed by atoms with Crippen LogP contribution < -0.4 is 0 Å². The van der Waals surface area contributed by atoms with Gasteiger partial charge in [-0.3, -0.25) is 0 Å². The zero-order chi connectivity index (χ0) is 7.14. The monoisotopic (exact) mass is 122 g/mol. The Morgan fingerprint density at radius 2 is 1.20 bits per heavy atom. The van der Waals surface area contributed by atoms with Crippen LogP contribution in [-0.4, -0.2) is 25.9 Å². The summed E-state index contributed by atoms with van der Waals surface area (Å²) in [5.74, 6) is 0. The molecule has 1 aliphatic rings. The Hall–Kier alpha value is -0.910. The van der Waals surface area contributed by atoms with Crippen LogP contribution in [0.2, 0.25) is 0 Å². The van der Waals surface area contributed by atoms with Crippen LogP contribution in [0, 0.1) is 0 Å². The van der Waals surface area contributed by atoms with E-state index in [1.807, 2.05) is 24.3 Å². The van der Waals surface area contributed by atoms with E-state index in [-0.39, 0.29) is 0 Å². The van der Waals surface area contributed by atoms with Crippen LogP contribution in [0.25, 0.3) is 0 Å². The molecule has 0 fully saturated rings. The topological polar surface area (TPSA) is 0 Å². The molecule has 0 spiro atoms. The van der Waals surface area contributed by atoms with E-state index < -0.39 is 0 Å². The molecule has 0 saturated carbocycles. The summed E-state index contributed by atoms with van der Waals surface area (Å²) in [4.78, 5) is 0. The van der Waals surface area contributed by atoms with Gasteiger partial charge in [-0.1, -0.05) is 0 Å². The third kappa shape index (κ3) is 0.539. The SMILES string of the molecule is [B]=C1C(=[B])c2ccccc21. The van der Waals surface area contributed by atoms with Crippen molar-refractivity contribution in [1.82, 2.24) is 0 Å². The summed E-state index contributed by atoms with van der Waals surface area (Å²) in [6, 6.07) is 7.86. The van der Waals surface area contributed by atoms with Gasteiger partial charge in [-0.05, 0) is 0 Å². The van der Waals surface area contributed by atoms with Crippen molar-refractivity contribution in [3.05, 3.63) is 35.4 Å². The summed E-state index contributed by atoms with van der Waals surface area (Å²) in [5.41, 5.74) is 3.63. The van der Waals surface area contributed by atoms with Gasteiger partial charge < -0.3 is 0 Å². The van der Waals surface area contributed by atoms with Crippen LogP contribution in [0.1, 0.15) is 11.1 Å². The summed E-state index contributed by atoms with van der Waals surface area (Å²) in [5, 5.41) is 0. The van der Waals surface area contributed by atoms with Gasteiger partial charge in [-0.15, -0.1) is 0 Å². The molecule has 1 aromatic carbocycles. The van der Waals surface area contributed by atoms with Crippen molar-refractivity contribution in [1.29, 1.82) is 0 Å². The van der Waals surface area contributed by atoms with Crippen LogP contribution in [0.3, 0.4) is 0 Å². The van der Waals surface area contributed by atoms with Gasteiger partial charge in [0.25, 0.3) is 0 Å². The number of fused-ring (bicyclic) bond motifs is 1. The second-order valence-corrected chi connectivity index (χ2v) is 2.37. The average Bonchev–Trinajstić information content (AvgIpc) is 2.03. The molecule has 0 amide bonds. The molecule has 0 aromatic heterocycles. The average molecular weight is 122 g/mol. The third-order valence-corrected chi connectivity index (χ3v) is 1.80. The number of benzene rings is 1. The van der Waals surface area contributed by atoms with Gasteiger partial charge in [-0.2, -0.15) is 0 Å². The van der Waals surface area contributed by atoms with Gasteiger partial charge in [0.05, 0.1) is 0 Å². The van der Waals surface area contributed by atoms with Gasteiger partial charge in [0.15, 0.2) is 0 Å². The molecular weight excluding hydrogens is 118 g/mol. The Balaban J connectivity index is 2.71. The Morgan fingerprint density at radius 1 is 0.800 bits per heavy atom. The van der Waals surface area contributed by atoms with Crippen molar-refractivity contribution >= 4 is 25.9 Å². The van der Waals surface area contributed by atoms with E-state index in [0.717, 1.165) is 22.1 Å². The van der Waals surface area contributed by atoms with E-state index in [9.17, 15) is 0 Å². The third-order valence-electron chi connectivity index (χ3n) is 1.80. The Morgan fingerprint density at radius 3 is 1.60 bits per heavy atom. The first-order valence-corrected chi connectivity index (χ1v) is 3.15. The molecule has 0 heterocycles. The first kappa shape index (κ1) is 5.84. The maximum atomic E-state index is 5.59. The molecule has 2 rings (SSSR count). The fraction of sp³-hybridized carbons (Fsp3) is 0. The molecule has 42 valence electrons. The zero-order valence-corrected chi connectivity index (χ0v) is 5.46. The molecule has 0 bridgehead atoms.